The van der Waals surface area contributed by atoms with Crippen molar-refractivity contribution in [3.8, 4) is 0 Å². The van der Waals surface area contributed by atoms with E-state index in [4.69, 9.17) is 11.6 Å². The van der Waals surface area contributed by atoms with Crippen LogP contribution >= 0.6 is 11.6 Å². The van der Waals surface area contributed by atoms with Crippen LogP contribution in [0.1, 0.15) is 11.1 Å². The number of nitrogens with one attached hydrogen (secondary N) is 1. The van der Waals surface area contributed by atoms with Crippen molar-refractivity contribution >= 4 is 28.9 Å². The summed E-state index contributed by atoms with van der Waals surface area (Å²) < 4.78 is 0. The second-order valence-electron chi connectivity index (χ2n) is 5.94. The number of anilines is 2. The Morgan fingerprint density at radius 1 is 1.11 bits per heavy atom. The van der Waals surface area contributed by atoms with Crippen molar-refractivity contribution in [1.29, 1.82) is 0 Å². The minimum Gasteiger partial charge on any atom is -0.360 e. The van der Waals surface area contributed by atoms with Gasteiger partial charge in [-0.1, -0.05) is 60.1 Å². The zero-order valence-corrected chi connectivity index (χ0v) is 15.4. The minimum absolute atomic E-state index is 0.157. The van der Waals surface area contributed by atoms with E-state index in [2.05, 4.69) is 15.3 Å². The van der Waals surface area contributed by atoms with Gasteiger partial charge in [0.1, 0.15) is 6.33 Å². The van der Waals surface area contributed by atoms with Crippen LogP contribution in [0.5, 0.6) is 0 Å². The van der Waals surface area contributed by atoms with Crippen molar-refractivity contribution in [3.63, 3.8) is 0 Å². The molecule has 1 aromatic heterocycles. The van der Waals surface area contributed by atoms with Gasteiger partial charge in [0, 0.05) is 25.2 Å². The first-order valence-corrected chi connectivity index (χ1v) is 8.66. The molecule has 0 aliphatic rings. The Morgan fingerprint density at radius 2 is 1.81 bits per heavy atom. The fourth-order valence-electron chi connectivity index (χ4n) is 2.70. The highest BCUT2D eigenvalue weighted by Gasteiger charge is 2.25. The van der Waals surface area contributed by atoms with Crippen LogP contribution < -0.4 is 10.2 Å². The SMILES string of the molecule is CN(Cc1ccccc1)c1ncnc(NCc2ccccc2Cl)c1[N+](=O)[O-]. The zero-order chi connectivity index (χ0) is 19.2. The first-order chi connectivity index (χ1) is 13.1. The highest BCUT2D eigenvalue weighted by Crippen LogP contribution is 2.32. The molecule has 0 aliphatic heterocycles. The average molecular weight is 384 g/mol. The minimum atomic E-state index is -0.467. The predicted molar refractivity (Wildman–Crippen MR) is 106 cm³/mol. The molecule has 1 N–H and O–H groups in total. The van der Waals surface area contributed by atoms with Crippen molar-refractivity contribution in [2.45, 2.75) is 13.1 Å². The standard InChI is InChI=1S/C19H18ClN5O2/c1-24(12-14-7-3-2-4-8-14)19-17(25(26)27)18(22-13-23-19)21-11-15-9-5-6-10-16(15)20/h2-10,13H,11-12H2,1H3,(H,21,22,23). The fraction of sp³-hybridized carbons (Fsp3) is 0.158. The number of halogens is 1. The fourth-order valence-corrected chi connectivity index (χ4v) is 2.90. The van der Waals surface area contributed by atoms with Crippen molar-refractivity contribution in [2.75, 3.05) is 17.3 Å². The van der Waals surface area contributed by atoms with Crippen LogP contribution in [0, 0.1) is 10.1 Å². The van der Waals surface area contributed by atoms with Crippen LogP contribution in [-0.4, -0.2) is 21.9 Å². The quantitative estimate of drug-likeness (QED) is 0.484. The van der Waals surface area contributed by atoms with Crippen molar-refractivity contribution in [3.05, 3.63) is 87.2 Å². The molecule has 0 atom stereocenters. The maximum absolute atomic E-state index is 11.7. The highest BCUT2D eigenvalue weighted by molar-refractivity contribution is 6.31. The highest BCUT2D eigenvalue weighted by atomic mass is 35.5. The number of rotatable bonds is 7. The topological polar surface area (TPSA) is 84.2 Å². The third kappa shape index (κ3) is 4.51. The van der Waals surface area contributed by atoms with E-state index < -0.39 is 4.92 Å². The summed E-state index contributed by atoms with van der Waals surface area (Å²) in [4.78, 5) is 21.2. The molecule has 1 heterocycles. The first kappa shape index (κ1) is 18.6. The van der Waals surface area contributed by atoms with Crippen LogP contribution in [0.15, 0.2) is 60.9 Å². The van der Waals surface area contributed by atoms with Gasteiger partial charge in [-0.15, -0.1) is 0 Å². The van der Waals surface area contributed by atoms with Gasteiger partial charge in [0.05, 0.1) is 4.92 Å². The molecule has 0 bridgehead atoms. The molecule has 0 saturated carbocycles. The number of hydrogen-bond donors (Lipinski definition) is 1. The summed E-state index contributed by atoms with van der Waals surface area (Å²) in [6.45, 7) is 0.808. The third-order valence-corrected chi connectivity index (χ3v) is 4.38. The molecule has 138 valence electrons. The Bertz CT molecular complexity index is 936. The molecule has 3 aromatic rings. The van der Waals surface area contributed by atoms with Gasteiger partial charge >= 0.3 is 5.69 Å². The third-order valence-electron chi connectivity index (χ3n) is 4.01. The smallest absolute Gasteiger partial charge is 0.353 e. The van der Waals surface area contributed by atoms with Crippen molar-refractivity contribution in [2.24, 2.45) is 0 Å². The molecule has 2 aromatic carbocycles. The first-order valence-electron chi connectivity index (χ1n) is 8.28. The number of hydrogen-bond acceptors (Lipinski definition) is 6. The van der Waals surface area contributed by atoms with Crippen LogP contribution in [-0.2, 0) is 13.1 Å². The molecule has 0 fully saturated rings. The monoisotopic (exact) mass is 383 g/mol. The van der Waals surface area contributed by atoms with E-state index in [0.29, 0.717) is 18.1 Å². The van der Waals surface area contributed by atoms with E-state index in [0.717, 1.165) is 11.1 Å². The summed E-state index contributed by atoms with van der Waals surface area (Å²) in [5.41, 5.74) is 1.69. The van der Waals surface area contributed by atoms with E-state index in [9.17, 15) is 10.1 Å². The van der Waals surface area contributed by atoms with Gasteiger partial charge in [0.15, 0.2) is 0 Å². The van der Waals surface area contributed by atoms with E-state index in [1.165, 1.54) is 6.33 Å². The maximum atomic E-state index is 11.7. The molecule has 8 heteroatoms. The van der Waals surface area contributed by atoms with Crippen LogP contribution in [0.25, 0.3) is 0 Å². The normalized spacial score (nSPS) is 10.4. The molecule has 7 nitrogen and oxygen atoms in total. The van der Waals surface area contributed by atoms with Crippen LogP contribution in [0.4, 0.5) is 17.3 Å². The van der Waals surface area contributed by atoms with E-state index in [1.54, 1.807) is 18.0 Å². The van der Waals surface area contributed by atoms with Gasteiger partial charge in [-0.05, 0) is 17.2 Å². The molecule has 0 aliphatic carbocycles. The Morgan fingerprint density at radius 3 is 2.52 bits per heavy atom. The second kappa shape index (κ2) is 8.46. The lowest BCUT2D eigenvalue weighted by atomic mass is 10.2. The number of nitrogens with zero attached hydrogens (tertiary/aromatic N) is 4. The van der Waals surface area contributed by atoms with Gasteiger partial charge < -0.3 is 10.2 Å². The van der Waals surface area contributed by atoms with Gasteiger partial charge in [-0.3, -0.25) is 10.1 Å². The summed E-state index contributed by atoms with van der Waals surface area (Å²) in [5.74, 6) is 0.408. The Kier molecular flexibility index (Phi) is 5.83. The van der Waals surface area contributed by atoms with Crippen molar-refractivity contribution in [1.82, 2.24) is 9.97 Å². The largest absolute Gasteiger partial charge is 0.360 e. The average Bonchev–Trinajstić information content (AvgIpc) is 2.67. The zero-order valence-electron chi connectivity index (χ0n) is 14.7. The Balaban J connectivity index is 1.86. The molecule has 0 amide bonds. The number of benzene rings is 2. The summed E-state index contributed by atoms with van der Waals surface area (Å²) in [6, 6.07) is 17.0. The van der Waals surface area contributed by atoms with Gasteiger partial charge in [-0.2, -0.15) is 0 Å². The predicted octanol–water partition coefficient (Wildman–Crippen LogP) is 4.29. The van der Waals surface area contributed by atoms with E-state index >= 15 is 0 Å². The number of nitro groups is 1. The molecule has 3 rings (SSSR count). The molecule has 27 heavy (non-hydrogen) atoms. The summed E-state index contributed by atoms with van der Waals surface area (Å²) in [6.07, 6.45) is 1.32. The Labute approximate surface area is 161 Å². The lowest BCUT2D eigenvalue weighted by molar-refractivity contribution is -0.383. The van der Waals surface area contributed by atoms with Crippen LogP contribution in [0.2, 0.25) is 5.02 Å². The van der Waals surface area contributed by atoms with E-state index in [-0.39, 0.29) is 17.3 Å². The second-order valence-corrected chi connectivity index (χ2v) is 6.35. The summed E-state index contributed by atoms with van der Waals surface area (Å²) in [5, 5.41) is 15.3. The summed E-state index contributed by atoms with van der Waals surface area (Å²) >= 11 is 6.15. The van der Waals surface area contributed by atoms with Crippen molar-refractivity contribution < 1.29 is 4.92 Å². The molecular formula is C19H18ClN5O2. The number of aromatic nitrogens is 2. The summed E-state index contributed by atoms with van der Waals surface area (Å²) in [7, 11) is 1.76. The molecule has 0 radical (unpaired) electrons. The molecule has 0 spiro atoms. The van der Waals surface area contributed by atoms with E-state index in [1.807, 2.05) is 48.5 Å². The lowest BCUT2D eigenvalue weighted by Crippen LogP contribution is -2.20. The molecule has 0 unspecified atom stereocenters. The maximum Gasteiger partial charge on any atom is 0.353 e. The van der Waals surface area contributed by atoms with Gasteiger partial charge in [0.25, 0.3) is 0 Å². The molecule has 0 saturated heterocycles. The lowest BCUT2D eigenvalue weighted by Gasteiger charge is -2.19. The molecular weight excluding hydrogens is 366 g/mol. The van der Waals surface area contributed by atoms with Crippen LogP contribution in [0.3, 0.4) is 0 Å². The van der Waals surface area contributed by atoms with Gasteiger partial charge in [0.2, 0.25) is 11.6 Å². The van der Waals surface area contributed by atoms with Gasteiger partial charge in [-0.25, -0.2) is 9.97 Å². The Hall–Kier alpha value is -3.19.